The number of rotatable bonds is 2. The van der Waals surface area contributed by atoms with Crippen molar-refractivity contribution >= 4 is 0 Å². The molecule has 0 amide bonds. The number of benzene rings is 1. The fourth-order valence-corrected chi connectivity index (χ4v) is 1.50. The minimum atomic E-state index is -1.39. The monoisotopic (exact) mass is 201 g/mol. The Morgan fingerprint density at radius 1 is 1.07 bits per heavy atom. The third kappa shape index (κ3) is 1.75. The van der Waals surface area contributed by atoms with Crippen LogP contribution >= 0.6 is 0 Å². The largest absolute Gasteiger partial charge is 0.299 e. The number of hydrogen-bond acceptors (Lipinski definition) is 1. The summed E-state index contributed by atoms with van der Waals surface area (Å²) in [6.07, 6.45) is 1.12. The second kappa shape index (κ2) is 3.61. The summed E-state index contributed by atoms with van der Waals surface area (Å²) in [6.45, 7) is 2.38. The van der Waals surface area contributed by atoms with Crippen LogP contribution in [0.2, 0.25) is 0 Å². The molecule has 0 atom stereocenters. The minimum Gasteiger partial charge on any atom is -0.299 e. The van der Waals surface area contributed by atoms with Crippen LogP contribution in [0.25, 0.3) is 0 Å². The molecule has 1 aromatic carbocycles. The molecular formula is C10H10F3N. The van der Waals surface area contributed by atoms with E-state index in [1.54, 1.807) is 0 Å². The zero-order chi connectivity index (χ0) is 10.1. The van der Waals surface area contributed by atoms with E-state index in [2.05, 4.69) is 0 Å². The van der Waals surface area contributed by atoms with Gasteiger partial charge >= 0.3 is 0 Å². The Morgan fingerprint density at radius 3 is 2.07 bits per heavy atom. The van der Waals surface area contributed by atoms with Crippen LogP contribution in [-0.4, -0.2) is 18.0 Å². The summed E-state index contributed by atoms with van der Waals surface area (Å²) in [5, 5.41) is 0. The maximum atomic E-state index is 12.8. The van der Waals surface area contributed by atoms with Gasteiger partial charge in [0.15, 0.2) is 17.5 Å². The zero-order valence-corrected chi connectivity index (χ0v) is 7.56. The molecule has 76 valence electrons. The van der Waals surface area contributed by atoms with Gasteiger partial charge in [0.25, 0.3) is 0 Å². The molecule has 0 bridgehead atoms. The molecule has 1 fully saturated rings. The van der Waals surface area contributed by atoms with E-state index in [9.17, 15) is 13.2 Å². The second-order valence-electron chi connectivity index (χ2n) is 3.50. The summed E-state index contributed by atoms with van der Waals surface area (Å²) >= 11 is 0. The Balaban J connectivity index is 2.17. The zero-order valence-electron chi connectivity index (χ0n) is 7.56. The number of hydrogen-bond donors (Lipinski definition) is 0. The van der Waals surface area contributed by atoms with Gasteiger partial charge in [-0.1, -0.05) is 0 Å². The average Bonchev–Trinajstić information content (AvgIpc) is 2.07. The maximum Gasteiger partial charge on any atom is 0.194 e. The first-order chi connectivity index (χ1) is 6.66. The summed E-state index contributed by atoms with van der Waals surface area (Å²) < 4.78 is 38.1. The van der Waals surface area contributed by atoms with Crippen LogP contribution in [0.4, 0.5) is 13.2 Å². The van der Waals surface area contributed by atoms with Crippen molar-refractivity contribution in [2.75, 3.05) is 13.1 Å². The molecule has 1 aliphatic heterocycles. The van der Waals surface area contributed by atoms with Crippen molar-refractivity contribution in [3.05, 3.63) is 35.1 Å². The van der Waals surface area contributed by atoms with Crippen molar-refractivity contribution in [1.82, 2.24) is 4.90 Å². The van der Waals surface area contributed by atoms with Crippen LogP contribution in [-0.2, 0) is 6.54 Å². The van der Waals surface area contributed by atoms with Crippen LogP contribution in [0.3, 0.4) is 0 Å². The van der Waals surface area contributed by atoms with Crippen LogP contribution in [0, 0.1) is 17.5 Å². The molecule has 0 aliphatic carbocycles. The summed E-state index contributed by atoms with van der Waals surface area (Å²) in [4.78, 5) is 2.05. The average molecular weight is 201 g/mol. The molecule has 4 heteroatoms. The molecule has 0 N–H and O–H groups in total. The van der Waals surface area contributed by atoms with Crippen LogP contribution in [0.5, 0.6) is 0 Å². The van der Waals surface area contributed by atoms with Gasteiger partial charge < -0.3 is 0 Å². The normalized spacial score (nSPS) is 16.8. The van der Waals surface area contributed by atoms with Gasteiger partial charge in [-0.25, -0.2) is 13.2 Å². The highest BCUT2D eigenvalue weighted by Gasteiger charge is 2.16. The first kappa shape index (κ1) is 9.52. The predicted octanol–water partition coefficient (Wildman–Crippen LogP) is 2.31. The summed E-state index contributed by atoms with van der Waals surface area (Å²) in [5.41, 5.74) is 0.487. The van der Waals surface area contributed by atoms with E-state index in [1.165, 1.54) is 0 Å². The van der Waals surface area contributed by atoms with Gasteiger partial charge in [-0.15, -0.1) is 0 Å². The standard InChI is InChI=1S/C10H10F3N/c11-8-4-7(5-9(12)10(8)13)6-14-2-1-3-14/h4-5H,1-3,6H2. The van der Waals surface area contributed by atoms with Crippen LogP contribution < -0.4 is 0 Å². The molecule has 1 aliphatic rings. The van der Waals surface area contributed by atoms with Gasteiger partial charge in [-0.2, -0.15) is 0 Å². The number of nitrogens with zero attached hydrogens (tertiary/aromatic N) is 1. The smallest absolute Gasteiger partial charge is 0.194 e. The van der Waals surface area contributed by atoms with Crippen molar-refractivity contribution < 1.29 is 13.2 Å². The van der Waals surface area contributed by atoms with Gasteiger partial charge in [0.2, 0.25) is 0 Å². The molecule has 0 unspecified atom stereocenters. The van der Waals surface area contributed by atoms with Crippen molar-refractivity contribution in [2.45, 2.75) is 13.0 Å². The molecule has 1 nitrogen and oxygen atoms in total. The Kier molecular flexibility index (Phi) is 2.46. The third-order valence-corrected chi connectivity index (χ3v) is 2.40. The lowest BCUT2D eigenvalue weighted by Gasteiger charge is -2.30. The molecule has 0 saturated carbocycles. The van der Waals surface area contributed by atoms with Gasteiger partial charge in [0.1, 0.15) is 0 Å². The van der Waals surface area contributed by atoms with Gasteiger partial charge in [0, 0.05) is 6.54 Å². The second-order valence-corrected chi connectivity index (χ2v) is 3.50. The predicted molar refractivity (Wildman–Crippen MR) is 46.2 cm³/mol. The Hall–Kier alpha value is -1.03. The fourth-order valence-electron chi connectivity index (χ4n) is 1.50. The lowest BCUT2D eigenvalue weighted by Crippen LogP contribution is -2.36. The molecule has 1 heterocycles. The Morgan fingerprint density at radius 2 is 1.64 bits per heavy atom. The summed E-state index contributed by atoms with van der Waals surface area (Å²) in [6, 6.07) is 2.10. The van der Waals surface area contributed by atoms with E-state index in [0.29, 0.717) is 12.1 Å². The van der Waals surface area contributed by atoms with Crippen LogP contribution in [0.15, 0.2) is 12.1 Å². The highest BCUT2D eigenvalue weighted by molar-refractivity contribution is 5.19. The van der Waals surface area contributed by atoms with Crippen molar-refractivity contribution in [1.29, 1.82) is 0 Å². The van der Waals surface area contributed by atoms with E-state index < -0.39 is 17.5 Å². The van der Waals surface area contributed by atoms with Gasteiger partial charge in [-0.05, 0) is 37.2 Å². The molecule has 1 aromatic rings. The molecule has 14 heavy (non-hydrogen) atoms. The van der Waals surface area contributed by atoms with Crippen molar-refractivity contribution in [3.63, 3.8) is 0 Å². The Labute approximate surface area is 80.1 Å². The molecule has 1 saturated heterocycles. The number of halogens is 3. The molecule has 0 radical (unpaired) electrons. The quantitative estimate of drug-likeness (QED) is 0.664. The van der Waals surface area contributed by atoms with E-state index >= 15 is 0 Å². The molecular weight excluding hydrogens is 191 g/mol. The fraction of sp³-hybridized carbons (Fsp3) is 0.400. The topological polar surface area (TPSA) is 3.24 Å². The molecule has 0 aromatic heterocycles. The van der Waals surface area contributed by atoms with Crippen molar-refractivity contribution in [3.8, 4) is 0 Å². The van der Waals surface area contributed by atoms with E-state index in [4.69, 9.17) is 0 Å². The Bertz CT molecular complexity index is 324. The third-order valence-electron chi connectivity index (χ3n) is 2.40. The van der Waals surface area contributed by atoms with E-state index in [1.807, 2.05) is 4.90 Å². The number of likely N-dealkylation sites (tertiary alicyclic amines) is 1. The lowest BCUT2D eigenvalue weighted by atomic mass is 10.1. The maximum absolute atomic E-state index is 12.8. The highest BCUT2D eigenvalue weighted by Crippen LogP contribution is 2.17. The summed E-state index contributed by atoms with van der Waals surface area (Å²) in [5.74, 6) is -3.61. The molecule has 2 rings (SSSR count). The lowest BCUT2D eigenvalue weighted by molar-refractivity contribution is 0.172. The highest BCUT2D eigenvalue weighted by atomic mass is 19.2. The first-order valence-electron chi connectivity index (χ1n) is 4.52. The van der Waals surface area contributed by atoms with Gasteiger partial charge in [-0.3, -0.25) is 4.90 Å². The van der Waals surface area contributed by atoms with E-state index in [0.717, 1.165) is 31.6 Å². The summed E-state index contributed by atoms with van der Waals surface area (Å²) in [7, 11) is 0. The van der Waals surface area contributed by atoms with Crippen LogP contribution in [0.1, 0.15) is 12.0 Å². The van der Waals surface area contributed by atoms with E-state index in [-0.39, 0.29) is 0 Å². The van der Waals surface area contributed by atoms with Gasteiger partial charge in [0.05, 0.1) is 0 Å². The van der Waals surface area contributed by atoms with Crippen molar-refractivity contribution in [2.24, 2.45) is 0 Å². The molecule has 0 spiro atoms. The minimum absolute atomic E-state index is 0.487. The first-order valence-corrected chi connectivity index (χ1v) is 4.52. The SMILES string of the molecule is Fc1cc(CN2CCC2)cc(F)c1F.